The van der Waals surface area contributed by atoms with E-state index >= 15 is 0 Å². The first-order valence-corrected chi connectivity index (χ1v) is 6.24. The van der Waals surface area contributed by atoms with Crippen LogP contribution >= 0.6 is 22.9 Å². The van der Waals surface area contributed by atoms with Gasteiger partial charge >= 0.3 is 0 Å². The van der Waals surface area contributed by atoms with Gasteiger partial charge in [0, 0.05) is 12.3 Å². The zero-order chi connectivity index (χ0) is 13.1. The second-order valence-electron chi connectivity index (χ2n) is 3.51. The number of rotatable bonds is 4. The van der Waals surface area contributed by atoms with Crippen molar-refractivity contribution in [1.29, 1.82) is 0 Å². The summed E-state index contributed by atoms with van der Waals surface area (Å²) in [7, 11) is 0. The first-order chi connectivity index (χ1) is 8.56. The molecule has 0 amide bonds. The van der Waals surface area contributed by atoms with E-state index in [0.717, 1.165) is 9.88 Å². The molecule has 18 heavy (non-hydrogen) atoms. The SMILES string of the molecule is Cc1ncc(COc2cc([N+](=O)[O-])ccc2Cl)s1. The highest BCUT2D eigenvalue weighted by Crippen LogP contribution is 2.29. The van der Waals surface area contributed by atoms with Gasteiger partial charge in [-0.15, -0.1) is 11.3 Å². The molecule has 1 heterocycles. The molecule has 0 N–H and O–H groups in total. The van der Waals surface area contributed by atoms with Gasteiger partial charge < -0.3 is 4.74 Å². The minimum Gasteiger partial charge on any atom is -0.486 e. The van der Waals surface area contributed by atoms with Crippen LogP contribution in [-0.2, 0) is 6.61 Å². The van der Waals surface area contributed by atoms with Crippen LogP contribution in [0.25, 0.3) is 0 Å². The van der Waals surface area contributed by atoms with Crippen LogP contribution in [0.3, 0.4) is 0 Å². The number of hydrogen-bond acceptors (Lipinski definition) is 5. The maximum absolute atomic E-state index is 10.6. The summed E-state index contributed by atoms with van der Waals surface area (Å²) in [5, 5.41) is 11.9. The zero-order valence-electron chi connectivity index (χ0n) is 9.42. The molecule has 0 fully saturated rings. The van der Waals surface area contributed by atoms with Crippen molar-refractivity contribution in [3.63, 3.8) is 0 Å². The van der Waals surface area contributed by atoms with Crippen molar-refractivity contribution in [2.45, 2.75) is 13.5 Å². The number of nitro groups is 1. The van der Waals surface area contributed by atoms with Crippen LogP contribution in [-0.4, -0.2) is 9.91 Å². The number of halogens is 1. The third-order valence-electron chi connectivity index (χ3n) is 2.16. The van der Waals surface area contributed by atoms with Crippen LogP contribution < -0.4 is 4.74 Å². The van der Waals surface area contributed by atoms with Gasteiger partial charge in [-0.25, -0.2) is 4.98 Å². The van der Waals surface area contributed by atoms with Crippen LogP contribution in [0.5, 0.6) is 5.75 Å². The molecule has 94 valence electrons. The fraction of sp³-hybridized carbons (Fsp3) is 0.182. The van der Waals surface area contributed by atoms with Crippen LogP contribution in [0.2, 0.25) is 5.02 Å². The van der Waals surface area contributed by atoms with E-state index < -0.39 is 4.92 Å². The lowest BCUT2D eigenvalue weighted by molar-refractivity contribution is -0.384. The first kappa shape index (κ1) is 12.8. The van der Waals surface area contributed by atoms with E-state index in [0.29, 0.717) is 17.4 Å². The number of thiazole rings is 1. The van der Waals surface area contributed by atoms with Crippen LogP contribution in [0.1, 0.15) is 9.88 Å². The summed E-state index contributed by atoms with van der Waals surface area (Å²) in [6, 6.07) is 4.11. The van der Waals surface area contributed by atoms with E-state index in [1.54, 1.807) is 6.20 Å². The summed E-state index contributed by atoms with van der Waals surface area (Å²) in [6.45, 7) is 2.20. The molecule has 0 spiro atoms. The van der Waals surface area contributed by atoms with Gasteiger partial charge in [-0.3, -0.25) is 10.1 Å². The van der Waals surface area contributed by atoms with Crippen LogP contribution in [0.4, 0.5) is 5.69 Å². The standard InChI is InChI=1S/C11H9ClN2O3S/c1-7-13-5-9(18-7)6-17-11-4-8(14(15)16)2-3-10(11)12/h2-5H,6H2,1H3. The van der Waals surface area contributed by atoms with Gasteiger partial charge in [0.15, 0.2) is 0 Å². The second kappa shape index (κ2) is 5.32. The number of aromatic nitrogens is 1. The van der Waals surface area contributed by atoms with Crippen LogP contribution in [0.15, 0.2) is 24.4 Å². The van der Waals surface area contributed by atoms with Crippen molar-refractivity contribution >= 4 is 28.6 Å². The number of benzene rings is 1. The molecule has 2 aromatic rings. The fourth-order valence-electron chi connectivity index (χ4n) is 1.34. The Morgan fingerprint density at radius 2 is 2.33 bits per heavy atom. The van der Waals surface area contributed by atoms with Crippen molar-refractivity contribution in [2.75, 3.05) is 0 Å². The number of nitro benzene ring substituents is 1. The lowest BCUT2D eigenvalue weighted by Crippen LogP contribution is -1.95. The molecule has 5 nitrogen and oxygen atoms in total. The zero-order valence-corrected chi connectivity index (χ0v) is 11.0. The number of non-ortho nitro benzene ring substituents is 1. The molecule has 0 bridgehead atoms. The second-order valence-corrected chi connectivity index (χ2v) is 5.23. The molecular weight excluding hydrogens is 276 g/mol. The number of aryl methyl sites for hydroxylation is 1. The van der Waals surface area contributed by atoms with Crippen molar-refractivity contribution in [1.82, 2.24) is 4.98 Å². The average Bonchev–Trinajstić information content (AvgIpc) is 2.74. The minimum absolute atomic E-state index is 0.0464. The predicted molar refractivity (Wildman–Crippen MR) is 69.3 cm³/mol. The molecule has 0 radical (unpaired) electrons. The van der Waals surface area contributed by atoms with E-state index in [1.807, 2.05) is 6.92 Å². The average molecular weight is 285 g/mol. The molecule has 1 aromatic carbocycles. The highest BCUT2D eigenvalue weighted by atomic mass is 35.5. The number of hydrogen-bond donors (Lipinski definition) is 0. The highest BCUT2D eigenvalue weighted by Gasteiger charge is 2.11. The Hall–Kier alpha value is -1.66. The summed E-state index contributed by atoms with van der Waals surface area (Å²) in [6.07, 6.45) is 1.71. The molecule has 0 aliphatic heterocycles. The lowest BCUT2D eigenvalue weighted by atomic mass is 10.3. The summed E-state index contributed by atoms with van der Waals surface area (Å²) in [4.78, 5) is 15.2. The van der Waals surface area contributed by atoms with Gasteiger partial charge in [-0.2, -0.15) is 0 Å². The largest absolute Gasteiger partial charge is 0.486 e. The Morgan fingerprint density at radius 3 is 2.94 bits per heavy atom. The Labute approximate surface area is 112 Å². The molecular formula is C11H9ClN2O3S. The maximum atomic E-state index is 10.6. The minimum atomic E-state index is -0.486. The van der Waals surface area contributed by atoms with E-state index in [9.17, 15) is 10.1 Å². The Morgan fingerprint density at radius 1 is 1.56 bits per heavy atom. The summed E-state index contributed by atoms with van der Waals surface area (Å²) in [5.41, 5.74) is -0.0464. The third-order valence-corrected chi connectivity index (χ3v) is 3.36. The summed E-state index contributed by atoms with van der Waals surface area (Å²) < 4.78 is 5.46. The normalized spacial score (nSPS) is 10.3. The quantitative estimate of drug-likeness (QED) is 0.635. The molecule has 0 saturated heterocycles. The molecule has 1 aromatic heterocycles. The van der Waals surface area contributed by atoms with Gasteiger partial charge in [0.2, 0.25) is 0 Å². The summed E-state index contributed by atoms with van der Waals surface area (Å²) in [5.74, 6) is 0.303. The molecule has 0 aliphatic rings. The van der Waals surface area contributed by atoms with Crippen molar-refractivity contribution in [3.8, 4) is 5.75 Å². The molecule has 0 aliphatic carbocycles. The lowest BCUT2D eigenvalue weighted by Gasteiger charge is -2.05. The monoisotopic (exact) mass is 284 g/mol. The molecule has 7 heteroatoms. The van der Waals surface area contributed by atoms with E-state index in [-0.39, 0.29) is 5.69 Å². The van der Waals surface area contributed by atoms with Crippen molar-refractivity contribution in [3.05, 3.63) is 49.4 Å². The molecule has 0 atom stereocenters. The first-order valence-electron chi connectivity index (χ1n) is 5.04. The molecule has 0 saturated carbocycles. The Balaban J connectivity index is 2.13. The topological polar surface area (TPSA) is 65.3 Å². The summed E-state index contributed by atoms with van der Waals surface area (Å²) >= 11 is 7.42. The van der Waals surface area contributed by atoms with Crippen molar-refractivity contribution < 1.29 is 9.66 Å². The van der Waals surface area contributed by atoms with Gasteiger partial charge in [-0.05, 0) is 13.0 Å². The Bertz CT molecular complexity index is 585. The maximum Gasteiger partial charge on any atom is 0.273 e. The van der Waals surface area contributed by atoms with E-state index in [1.165, 1.54) is 29.5 Å². The van der Waals surface area contributed by atoms with Gasteiger partial charge in [0.1, 0.15) is 12.4 Å². The van der Waals surface area contributed by atoms with E-state index in [2.05, 4.69) is 4.98 Å². The van der Waals surface area contributed by atoms with Gasteiger partial charge in [-0.1, -0.05) is 11.6 Å². The van der Waals surface area contributed by atoms with E-state index in [4.69, 9.17) is 16.3 Å². The van der Waals surface area contributed by atoms with Gasteiger partial charge in [0.25, 0.3) is 5.69 Å². The fourth-order valence-corrected chi connectivity index (χ4v) is 2.22. The van der Waals surface area contributed by atoms with Crippen molar-refractivity contribution in [2.24, 2.45) is 0 Å². The van der Waals surface area contributed by atoms with Crippen LogP contribution in [0, 0.1) is 17.0 Å². The number of ether oxygens (including phenoxy) is 1. The molecule has 0 unspecified atom stereocenters. The predicted octanol–water partition coefficient (Wildman–Crippen LogP) is 3.59. The highest BCUT2D eigenvalue weighted by molar-refractivity contribution is 7.11. The Kier molecular flexibility index (Phi) is 3.78. The third kappa shape index (κ3) is 2.96. The van der Waals surface area contributed by atoms with Gasteiger partial charge in [0.05, 0.1) is 25.9 Å². The molecule has 2 rings (SSSR count). The number of nitrogens with zero attached hydrogens (tertiary/aromatic N) is 2. The smallest absolute Gasteiger partial charge is 0.273 e.